The predicted octanol–water partition coefficient (Wildman–Crippen LogP) is 1.32. The molecule has 0 radical (unpaired) electrons. The molecule has 2 rings (SSSR count). The van der Waals surface area contributed by atoms with Crippen molar-refractivity contribution in [2.24, 2.45) is 0 Å². The standard InChI is InChI=1S/C12H15N3O3.ClH/c16-4-3-15-8-10(7-14-15)13-6-9-1-2-11(17)5-12(9)18;/h1-2,5,7-8,13,16-18H,3-4,6H2;1H. The highest BCUT2D eigenvalue weighted by Crippen LogP contribution is 2.23. The maximum atomic E-state index is 9.60. The number of aromatic hydroxyl groups is 2. The second kappa shape index (κ2) is 6.86. The van der Waals surface area contributed by atoms with Crippen molar-refractivity contribution in [1.29, 1.82) is 0 Å². The first-order valence-electron chi connectivity index (χ1n) is 5.57. The first kappa shape index (κ1) is 15.1. The Balaban J connectivity index is 0.00000180. The number of phenols is 2. The first-order chi connectivity index (χ1) is 8.69. The fourth-order valence-corrected chi connectivity index (χ4v) is 1.58. The molecule has 1 aromatic carbocycles. The second-order valence-electron chi connectivity index (χ2n) is 3.88. The lowest BCUT2D eigenvalue weighted by Gasteiger charge is -2.06. The van der Waals surface area contributed by atoms with Crippen LogP contribution in [-0.2, 0) is 13.1 Å². The van der Waals surface area contributed by atoms with Gasteiger partial charge in [0.15, 0.2) is 0 Å². The van der Waals surface area contributed by atoms with Gasteiger partial charge < -0.3 is 20.6 Å². The van der Waals surface area contributed by atoms with E-state index in [0.29, 0.717) is 18.7 Å². The fraction of sp³-hybridized carbons (Fsp3) is 0.250. The Morgan fingerprint density at radius 3 is 2.74 bits per heavy atom. The normalized spacial score (nSPS) is 9.95. The number of nitrogens with one attached hydrogen (secondary N) is 1. The van der Waals surface area contributed by atoms with Crippen molar-refractivity contribution in [2.75, 3.05) is 11.9 Å². The summed E-state index contributed by atoms with van der Waals surface area (Å²) >= 11 is 0. The SMILES string of the molecule is Cl.OCCn1cc(NCc2ccc(O)cc2O)cn1. The molecule has 0 aliphatic rings. The molecule has 0 aliphatic carbocycles. The quantitative estimate of drug-likeness (QED) is 0.665. The lowest BCUT2D eigenvalue weighted by molar-refractivity contribution is 0.269. The van der Waals surface area contributed by atoms with E-state index in [2.05, 4.69) is 10.4 Å². The van der Waals surface area contributed by atoms with Gasteiger partial charge in [-0.25, -0.2) is 0 Å². The summed E-state index contributed by atoms with van der Waals surface area (Å²) in [6.07, 6.45) is 3.42. The number of anilines is 1. The Labute approximate surface area is 116 Å². The fourth-order valence-electron chi connectivity index (χ4n) is 1.58. The van der Waals surface area contributed by atoms with Crippen LogP contribution in [-0.4, -0.2) is 31.7 Å². The van der Waals surface area contributed by atoms with Gasteiger partial charge in [-0.05, 0) is 12.1 Å². The minimum Gasteiger partial charge on any atom is -0.508 e. The lowest BCUT2D eigenvalue weighted by atomic mass is 10.2. The summed E-state index contributed by atoms with van der Waals surface area (Å²) in [5.74, 6) is 0.0808. The van der Waals surface area contributed by atoms with E-state index >= 15 is 0 Å². The molecular weight excluding hydrogens is 270 g/mol. The zero-order valence-corrected chi connectivity index (χ0v) is 11.0. The van der Waals surface area contributed by atoms with Crippen LogP contribution in [0.3, 0.4) is 0 Å². The number of benzene rings is 1. The summed E-state index contributed by atoms with van der Waals surface area (Å²) in [7, 11) is 0. The lowest BCUT2D eigenvalue weighted by Crippen LogP contribution is -2.02. The highest BCUT2D eigenvalue weighted by Gasteiger charge is 2.03. The van der Waals surface area contributed by atoms with Crippen LogP contribution in [0.5, 0.6) is 11.5 Å². The molecule has 19 heavy (non-hydrogen) atoms. The van der Waals surface area contributed by atoms with Gasteiger partial charge in [0.1, 0.15) is 11.5 Å². The average molecular weight is 286 g/mol. The van der Waals surface area contributed by atoms with Crippen LogP contribution in [0.2, 0.25) is 0 Å². The molecule has 0 amide bonds. The summed E-state index contributed by atoms with van der Waals surface area (Å²) in [4.78, 5) is 0. The minimum atomic E-state index is 0. The highest BCUT2D eigenvalue weighted by atomic mass is 35.5. The van der Waals surface area contributed by atoms with Gasteiger partial charge in [0.2, 0.25) is 0 Å². The molecular formula is C12H16ClN3O3. The molecule has 0 aliphatic heterocycles. The smallest absolute Gasteiger partial charge is 0.124 e. The summed E-state index contributed by atoms with van der Waals surface area (Å²) in [6.45, 7) is 0.920. The van der Waals surface area contributed by atoms with Crippen molar-refractivity contribution >= 4 is 18.1 Å². The van der Waals surface area contributed by atoms with E-state index in [9.17, 15) is 5.11 Å². The van der Waals surface area contributed by atoms with Crippen LogP contribution in [0.1, 0.15) is 5.56 Å². The molecule has 1 heterocycles. The van der Waals surface area contributed by atoms with E-state index in [1.54, 1.807) is 23.1 Å². The van der Waals surface area contributed by atoms with Crippen LogP contribution >= 0.6 is 12.4 Å². The maximum Gasteiger partial charge on any atom is 0.124 e. The van der Waals surface area contributed by atoms with Gasteiger partial charge in [-0.3, -0.25) is 4.68 Å². The summed E-state index contributed by atoms with van der Waals surface area (Å²) in [5, 5.41) is 34.7. The molecule has 0 bridgehead atoms. The molecule has 2 aromatic rings. The minimum absolute atomic E-state index is 0. The van der Waals surface area contributed by atoms with Crippen molar-refractivity contribution in [3.8, 4) is 11.5 Å². The third kappa shape index (κ3) is 4.04. The number of aliphatic hydroxyl groups is 1. The molecule has 0 saturated carbocycles. The average Bonchev–Trinajstić information content (AvgIpc) is 2.76. The molecule has 0 saturated heterocycles. The van der Waals surface area contributed by atoms with Crippen LogP contribution in [0, 0.1) is 0 Å². The predicted molar refractivity (Wildman–Crippen MR) is 73.7 cm³/mol. The number of halogens is 1. The first-order valence-corrected chi connectivity index (χ1v) is 5.57. The number of aliphatic hydroxyl groups excluding tert-OH is 1. The zero-order chi connectivity index (χ0) is 13.0. The van der Waals surface area contributed by atoms with Crippen LogP contribution < -0.4 is 5.32 Å². The van der Waals surface area contributed by atoms with Gasteiger partial charge in [-0.2, -0.15) is 5.10 Å². The number of hydrogen-bond acceptors (Lipinski definition) is 5. The van der Waals surface area contributed by atoms with Crippen molar-refractivity contribution in [2.45, 2.75) is 13.1 Å². The maximum absolute atomic E-state index is 9.60. The Bertz CT molecular complexity index is 531. The van der Waals surface area contributed by atoms with Crippen LogP contribution in [0.4, 0.5) is 5.69 Å². The van der Waals surface area contributed by atoms with E-state index in [1.165, 1.54) is 12.1 Å². The largest absolute Gasteiger partial charge is 0.508 e. The third-order valence-electron chi connectivity index (χ3n) is 2.51. The van der Waals surface area contributed by atoms with Gasteiger partial charge in [-0.15, -0.1) is 12.4 Å². The van der Waals surface area contributed by atoms with Crippen molar-refractivity contribution in [3.05, 3.63) is 36.2 Å². The molecule has 6 nitrogen and oxygen atoms in total. The molecule has 0 atom stereocenters. The topological polar surface area (TPSA) is 90.5 Å². The Kier molecular flexibility index (Phi) is 5.47. The summed E-state index contributed by atoms with van der Waals surface area (Å²) in [6, 6.07) is 4.47. The third-order valence-corrected chi connectivity index (χ3v) is 2.51. The Hall–Kier alpha value is -1.92. The zero-order valence-electron chi connectivity index (χ0n) is 10.2. The number of nitrogens with zero attached hydrogens (tertiary/aromatic N) is 2. The van der Waals surface area contributed by atoms with E-state index < -0.39 is 0 Å². The van der Waals surface area contributed by atoms with Crippen LogP contribution in [0.25, 0.3) is 0 Å². The van der Waals surface area contributed by atoms with Gasteiger partial charge in [0.05, 0.1) is 25.0 Å². The van der Waals surface area contributed by atoms with Crippen molar-refractivity contribution in [1.82, 2.24) is 9.78 Å². The molecule has 4 N–H and O–H groups in total. The second-order valence-corrected chi connectivity index (χ2v) is 3.88. The molecule has 0 unspecified atom stereocenters. The number of rotatable bonds is 5. The molecule has 0 fully saturated rings. The van der Waals surface area contributed by atoms with E-state index in [4.69, 9.17) is 10.2 Å². The van der Waals surface area contributed by atoms with E-state index in [-0.39, 0.29) is 30.5 Å². The van der Waals surface area contributed by atoms with E-state index in [1.807, 2.05) is 0 Å². The highest BCUT2D eigenvalue weighted by molar-refractivity contribution is 5.85. The van der Waals surface area contributed by atoms with Gasteiger partial charge in [0.25, 0.3) is 0 Å². The molecule has 7 heteroatoms. The van der Waals surface area contributed by atoms with Gasteiger partial charge >= 0.3 is 0 Å². The number of aromatic nitrogens is 2. The van der Waals surface area contributed by atoms with Gasteiger partial charge in [-0.1, -0.05) is 0 Å². The molecule has 1 aromatic heterocycles. The monoisotopic (exact) mass is 285 g/mol. The summed E-state index contributed by atoms with van der Waals surface area (Å²) in [5.41, 5.74) is 1.48. The number of phenolic OH excluding ortho intramolecular Hbond substituents is 2. The van der Waals surface area contributed by atoms with E-state index in [0.717, 1.165) is 5.69 Å². The summed E-state index contributed by atoms with van der Waals surface area (Å²) < 4.78 is 1.62. The van der Waals surface area contributed by atoms with Crippen LogP contribution in [0.15, 0.2) is 30.6 Å². The van der Waals surface area contributed by atoms with Crippen molar-refractivity contribution in [3.63, 3.8) is 0 Å². The van der Waals surface area contributed by atoms with Gasteiger partial charge in [0, 0.05) is 24.4 Å². The molecule has 0 spiro atoms. The van der Waals surface area contributed by atoms with Crippen molar-refractivity contribution < 1.29 is 15.3 Å². The molecule has 104 valence electrons. The Morgan fingerprint density at radius 1 is 1.26 bits per heavy atom. The number of hydrogen-bond donors (Lipinski definition) is 4. The Morgan fingerprint density at radius 2 is 2.05 bits per heavy atom.